The molecule has 0 spiro atoms. The molecule has 12 nitrogen and oxygen atoms in total. The summed E-state index contributed by atoms with van der Waals surface area (Å²) >= 11 is 16.4. The molecule has 3 aromatic rings. The van der Waals surface area contributed by atoms with Gasteiger partial charge in [0.05, 0.1) is 0 Å². The number of rotatable bonds is 21. The number of hydrogen-bond acceptors (Lipinski definition) is 6. The quantitative estimate of drug-likeness (QED) is 0.0355. The van der Waals surface area contributed by atoms with Gasteiger partial charge in [0.25, 0.3) is 0 Å². The second-order valence-corrected chi connectivity index (χ2v) is 13.1. The molecule has 1 unspecified atom stereocenters. The number of anilines is 3. The number of halogens is 3. The molecule has 0 aliphatic carbocycles. The Kier molecular flexibility index (Phi) is 36.3. The van der Waals surface area contributed by atoms with Crippen LogP contribution in [0, 0.1) is 5.92 Å². The smallest absolute Gasteiger partial charge is 0.323 e. The lowest BCUT2D eigenvalue weighted by molar-refractivity contribution is 0.253. The predicted molar refractivity (Wildman–Crippen MR) is 285 cm³/mol. The largest absolute Gasteiger partial charge is 0.478 e. The summed E-state index contributed by atoms with van der Waals surface area (Å²) in [4.78, 5) is 35.7. The van der Waals surface area contributed by atoms with Crippen molar-refractivity contribution in [2.45, 2.75) is 35.6 Å². The summed E-state index contributed by atoms with van der Waals surface area (Å²) in [6, 6.07) is 20.0. The van der Waals surface area contributed by atoms with E-state index in [-0.39, 0.29) is 57.1 Å². The number of amides is 6. The van der Waals surface area contributed by atoms with E-state index in [4.69, 9.17) is 49.0 Å². The lowest BCUT2D eigenvalue weighted by atomic mass is 10.1. The summed E-state index contributed by atoms with van der Waals surface area (Å²) < 4.78 is 15.3. The Morgan fingerprint density at radius 1 is 0.537 bits per heavy atom. The van der Waals surface area contributed by atoms with Gasteiger partial charge in [-0.05, 0) is 123 Å². The molecule has 0 heterocycles. The predicted octanol–water partition coefficient (Wildman–Crippen LogP) is 14.7. The van der Waals surface area contributed by atoms with Crippen molar-refractivity contribution < 1.29 is 28.6 Å². The maximum absolute atomic E-state index is 12.0. The molecule has 67 heavy (non-hydrogen) atoms. The van der Waals surface area contributed by atoms with Crippen LogP contribution in [0.25, 0.3) is 0 Å². The maximum atomic E-state index is 12.0. The molecule has 6 N–H and O–H groups in total. The molecular formula is C52H65Cl3N6O6. The van der Waals surface area contributed by atoms with Gasteiger partial charge >= 0.3 is 18.1 Å². The molecule has 0 saturated carbocycles. The second kappa shape index (κ2) is 39.3. The normalized spacial score (nSPS) is 11.5. The third-order valence-corrected chi connectivity index (χ3v) is 7.87. The minimum Gasteiger partial charge on any atom is -0.478 e. The number of allylic oxidation sites excluding steroid dienone is 15. The van der Waals surface area contributed by atoms with Gasteiger partial charge in [-0.1, -0.05) is 144 Å². The summed E-state index contributed by atoms with van der Waals surface area (Å²) in [6.45, 7) is 20.3. The minimum absolute atomic E-state index is 0. The van der Waals surface area contributed by atoms with Crippen LogP contribution in [0.1, 0.15) is 35.6 Å². The lowest BCUT2D eigenvalue weighted by Crippen LogP contribution is -2.27. The number of ether oxygens (including phenoxy) is 3. The van der Waals surface area contributed by atoms with Gasteiger partial charge in [-0.2, -0.15) is 0 Å². The highest BCUT2D eigenvalue weighted by molar-refractivity contribution is 6.17. The first-order valence-electron chi connectivity index (χ1n) is 19.8. The van der Waals surface area contributed by atoms with E-state index in [1.165, 1.54) is 0 Å². The van der Waals surface area contributed by atoms with Gasteiger partial charge in [0.1, 0.15) is 17.2 Å². The third-order valence-electron chi connectivity index (χ3n) is 7.54. The molecule has 360 valence electrons. The monoisotopic (exact) mass is 974 g/mol. The average Bonchev–Trinajstić information content (AvgIpc) is 3.29. The Bertz CT molecular complexity index is 2160. The molecular weight excluding hydrogens is 911 g/mol. The molecule has 3 aromatic carbocycles. The second-order valence-electron chi connectivity index (χ2n) is 12.5. The van der Waals surface area contributed by atoms with Crippen molar-refractivity contribution in [1.29, 1.82) is 0 Å². The van der Waals surface area contributed by atoms with Crippen LogP contribution in [-0.2, 0) is 0 Å². The first-order valence-corrected chi connectivity index (χ1v) is 21.4. The summed E-state index contributed by atoms with van der Waals surface area (Å²) in [5.74, 6) is 2.14. The number of nitrogens with one attached hydrogen (secondary N) is 6. The number of carbonyl (C=O) groups excluding carboxylic acids is 3. The summed E-state index contributed by atoms with van der Waals surface area (Å²) in [6.07, 6.45) is 26.6. The topological polar surface area (TPSA) is 151 Å². The number of hydrogen-bond donors (Lipinski definition) is 6. The van der Waals surface area contributed by atoms with Crippen LogP contribution < -0.4 is 46.1 Å². The number of benzene rings is 3. The van der Waals surface area contributed by atoms with Gasteiger partial charge in [-0.25, -0.2) is 14.4 Å². The molecule has 0 fully saturated rings. The Morgan fingerprint density at radius 3 is 1.19 bits per heavy atom. The van der Waals surface area contributed by atoms with E-state index in [1.807, 2.05) is 45.1 Å². The lowest BCUT2D eigenvalue weighted by Gasteiger charge is -2.10. The SMILES string of the molecule is C.C.C=C/C(=C\C(C)/C=C\C)NC(=O)Nc1ccc(OCCl)cc1.C=C/C=C\C=C(/C=C)NC(=O)Nc1ccc(OCCl)cc1.C=C\C=C/C=C(\C=C/C)NC(=O)Nc1ccc(OCCl)cc1. The van der Waals surface area contributed by atoms with Crippen molar-refractivity contribution in [3.8, 4) is 17.2 Å². The number of carbonyl (C=O) groups is 3. The Hall–Kier alpha value is -7.12. The summed E-state index contributed by atoms with van der Waals surface area (Å²) in [5.41, 5.74) is 3.85. The summed E-state index contributed by atoms with van der Waals surface area (Å²) in [7, 11) is 0. The molecule has 0 saturated heterocycles. The van der Waals surface area contributed by atoms with Crippen LogP contribution in [-0.4, -0.2) is 36.3 Å². The highest BCUT2D eigenvalue weighted by Crippen LogP contribution is 2.18. The zero-order chi connectivity index (χ0) is 48.1. The fourth-order valence-corrected chi connectivity index (χ4v) is 5.11. The van der Waals surface area contributed by atoms with Crippen LogP contribution in [0.4, 0.5) is 31.4 Å². The van der Waals surface area contributed by atoms with Crippen molar-refractivity contribution in [1.82, 2.24) is 16.0 Å². The molecule has 0 bridgehead atoms. The Labute approximate surface area is 412 Å². The van der Waals surface area contributed by atoms with Gasteiger partial charge in [0.15, 0.2) is 18.2 Å². The van der Waals surface area contributed by atoms with Crippen molar-refractivity contribution >= 4 is 70.0 Å². The molecule has 0 radical (unpaired) electrons. The van der Waals surface area contributed by atoms with Gasteiger partial charge in [0, 0.05) is 34.2 Å². The van der Waals surface area contributed by atoms with Crippen LogP contribution in [0.5, 0.6) is 17.2 Å². The fraction of sp³-hybridized carbons (Fsp3) is 0.173. The van der Waals surface area contributed by atoms with Crippen molar-refractivity contribution in [2.75, 3.05) is 34.1 Å². The standard InChI is InChI=1S/C17H21ClN2O2.C17H19ClN2O2.C16H17ClN2O2.2CH4/c1-4-6-13(3)11-14(5-2)19-17(21)20-15-7-9-16(10-8-15)22-12-18;1-3-5-6-8-14(7-4-2)19-17(21)20-15-9-11-16(12-10-15)22-13-18;1-3-5-6-7-13(4-2)18-16(20)19-14-8-10-15(11-9-14)21-12-17;;/h4-11,13H,2,12H2,1,3H3,(H2,19,20,21);3-12H,1,13H2,2H3,(H2,19,20,21);3-11H,1-2,12H2,(H2,18,19,20);2*1H4/b6-4-,14-11+;6-5-,7-4-,14-8+;6-5-,13-7+;;. The van der Waals surface area contributed by atoms with Crippen molar-refractivity contribution in [2.24, 2.45) is 5.92 Å². The zero-order valence-corrected chi connectivity index (χ0v) is 39.0. The molecule has 6 amide bonds. The van der Waals surface area contributed by atoms with Gasteiger partial charge in [-0.15, -0.1) is 0 Å². The highest BCUT2D eigenvalue weighted by atomic mass is 35.5. The van der Waals surface area contributed by atoms with E-state index in [0.717, 1.165) is 0 Å². The molecule has 0 aromatic heterocycles. The Morgan fingerprint density at radius 2 is 0.881 bits per heavy atom. The molecule has 0 aliphatic rings. The van der Waals surface area contributed by atoms with Crippen LogP contribution in [0.2, 0.25) is 0 Å². The molecule has 0 aliphatic heterocycles. The molecule has 3 rings (SSSR count). The van der Waals surface area contributed by atoms with E-state index in [2.05, 4.69) is 58.2 Å². The van der Waals surface area contributed by atoms with E-state index in [9.17, 15) is 14.4 Å². The van der Waals surface area contributed by atoms with E-state index >= 15 is 0 Å². The summed E-state index contributed by atoms with van der Waals surface area (Å²) in [5, 5.41) is 16.3. The minimum atomic E-state index is -0.362. The zero-order valence-electron chi connectivity index (χ0n) is 36.7. The van der Waals surface area contributed by atoms with E-state index < -0.39 is 0 Å². The van der Waals surface area contributed by atoms with Crippen LogP contribution in [0.3, 0.4) is 0 Å². The van der Waals surface area contributed by atoms with Crippen LogP contribution in [0.15, 0.2) is 207 Å². The average molecular weight is 976 g/mol. The van der Waals surface area contributed by atoms with E-state index in [1.54, 1.807) is 140 Å². The van der Waals surface area contributed by atoms with Crippen molar-refractivity contribution in [3.63, 3.8) is 0 Å². The molecule has 1 atom stereocenters. The van der Waals surface area contributed by atoms with Crippen molar-refractivity contribution in [3.05, 3.63) is 207 Å². The number of urea groups is 3. The first-order chi connectivity index (χ1) is 31.5. The Balaban J connectivity index is 0. The van der Waals surface area contributed by atoms with Gasteiger partial charge in [0.2, 0.25) is 0 Å². The number of alkyl halides is 3. The first kappa shape index (κ1) is 62.0. The highest BCUT2D eigenvalue weighted by Gasteiger charge is 2.06. The third kappa shape index (κ3) is 29.9. The maximum Gasteiger partial charge on any atom is 0.323 e. The molecule has 15 heteroatoms. The van der Waals surface area contributed by atoms with Gasteiger partial charge in [-0.3, -0.25) is 0 Å². The van der Waals surface area contributed by atoms with E-state index in [0.29, 0.717) is 51.4 Å². The fourth-order valence-electron chi connectivity index (χ4n) is 4.73. The van der Waals surface area contributed by atoms with Gasteiger partial charge < -0.3 is 46.1 Å². The van der Waals surface area contributed by atoms with Crippen LogP contribution >= 0.6 is 34.8 Å².